The van der Waals surface area contributed by atoms with Crippen LogP contribution in [0.1, 0.15) is 44.0 Å². The standard InChI is InChI=1S/C16H24N2O2/c1-4-20-16(19)13-8-5-9-14(17)15(13)18-10-6-7-11(2)12(18)3/h5,8-9,11-12H,4,6-7,10,17H2,1-3H3. The van der Waals surface area contributed by atoms with Gasteiger partial charge in [0, 0.05) is 12.6 Å². The van der Waals surface area contributed by atoms with Gasteiger partial charge in [0.1, 0.15) is 0 Å². The Morgan fingerprint density at radius 2 is 2.20 bits per heavy atom. The lowest BCUT2D eigenvalue weighted by molar-refractivity contribution is 0.0527. The van der Waals surface area contributed by atoms with Crippen LogP contribution in [0, 0.1) is 5.92 Å². The van der Waals surface area contributed by atoms with Crippen LogP contribution < -0.4 is 10.6 Å². The first-order chi connectivity index (χ1) is 9.56. The van der Waals surface area contributed by atoms with Crippen LogP contribution in [-0.2, 0) is 4.74 Å². The second-order valence-corrected chi connectivity index (χ2v) is 5.52. The zero-order chi connectivity index (χ0) is 14.7. The zero-order valence-corrected chi connectivity index (χ0v) is 12.6. The van der Waals surface area contributed by atoms with Crippen molar-refractivity contribution in [2.45, 2.75) is 39.7 Å². The van der Waals surface area contributed by atoms with Gasteiger partial charge >= 0.3 is 5.97 Å². The maximum absolute atomic E-state index is 12.1. The predicted octanol–water partition coefficient (Wildman–Crippen LogP) is 3.07. The summed E-state index contributed by atoms with van der Waals surface area (Å²) in [6.45, 7) is 7.58. The minimum absolute atomic E-state index is 0.291. The van der Waals surface area contributed by atoms with Gasteiger partial charge in [0.2, 0.25) is 0 Å². The summed E-state index contributed by atoms with van der Waals surface area (Å²) in [6, 6.07) is 5.84. The first-order valence-electron chi connectivity index (χ1n) is 7.38. The van der Waals surface area contributed by atoms with E-state index in [0.717, 1.165) is 18.7 Å². The summed E-state index contributed by atoms with van der Waals surface area (Å²) in [5.74, 6) is 0.304. The van der Waals surface area contributed by atoms with Crippen LogP contribution in [0.3, 0.4) is 0 Å². The number of para-hydroxylation sites is 1. The van der Waals surface area contributed by atoms with Gasteiger partial charge in [-0.25, -0.2) is 4.79 Å². The molecule has 0 aliphatic carbocycles. The fourth-order valence-electron chi connectivity index (χ4n) is 2.91. The number of carbonyl (C=O) groups excluding carboxylic acids is 1. The summed E-state index contributed by atoms with van der Waals surface area (Å²) in [4.78, 5) is 14.4. The lowest BCUT2D eigenvalue weighted by atomic mass is 9.91. The van der Waals surface area contributed by atoms with Crippen molar-refractivity contribution in [1.82, 2.24) is 0 Å². The molecule has 0 spiro atoms. The Kier molecular flexibility index (Phi) is 4.53. The van der Waals surface area contributed by atoms with Crippen LogP contribution in [0.4, 0.5) is 11.4 Å². The molecule has 1 aliphatic heterocycles. The number of hydrogen-bond acceptors (Lipinski definition) is 4. The van der Waals surface area contributed by atoms with Crippen molar-refractivity contribution < 1.29 is 9.53 Å². The molecular weight excluding hydrogens is 252 g/mol. The Bertz CT molecular complexity index is 487. The van der Waals surface area contributed by atoms with Gasteiger partial charge < -0.3 is 15.4 Å². The van der Waals surface area contributed by atoms with E-state index in [9.17, 15) is 4.79 Å². The number of nitrogens with zero attached hydrogens (tertiary/aromatic N) is 1. The highest BCUT2D eigenvalue weighted by atomic mass is 16.5. The SMILES string of the molecule is CCOC(=O)c1cccc(N)c1N1CCCC(C)C1C. The van der Waals surface area contributed by atoms with E-state index in [1.807, 2.05) is 19.1 Å². The molecule has 4 heteroatoms. The minimum Gasteiger partial charge on any atom is -0.462 e. The Balaban J connectivity index is 2.41. The van der Waals surface area contributed by atoms with Crippen molar-refractivity contribution in [1.29, 1.82) is 0 Å². The molecule has 2 rings (SSSR count). The molecule has 20 heavy (non-hydrogen) atoms. The largest absolute Gasteiger partial charge is 0.462 e. The molecule has 110 valence electrons. The molecule has 1 fully saturated rings. The van der Waals surface area contributed by atoms with Crippen LogP contribution >= 0.6 is 0 Å². The summed E-state index contributed by atoms with van der Waals surface area (Å²) in [5, 5.41) is 0. The third-order valence-electron chi connectivity index (χ3n) is 4.22. The molecule has 0 bridgehead atoms. The normalized spacial score (nSPS) is 22.6. The van der Waals surface area contributed by atoms with E-state index < -0.39 is 0 Å². The number of piperidine rings is 1. The summed E-state index contributed by atoms with van der Waals surface area (Å²) in [7, 11) is 0. The van der Waals surface area contributed by atoms with Crippen LogP contribution in [0.15, 0.2) is 18.2 Å². The van der Waals surface area contributed by atoms with E-state index in [0.29, 0.717) is 29.8 Å². The van der Waals surface area contributed by atoms with Gasteiger partial charge in [-0.3, -0.25) is 0 Å². The summed E-state index contributed by atoms with van der Waals surface area (Å²) in [6.07, 6.45) is 2.35. The third-order valence-corrected chi connectivity index (χ3v) is 4.22. The highest BCUT2D eigenvalue weighted by Gasteiger charge is 2.29. The van der Waals surface area contributed by atoms with Crippen molar-refractivity contribution >= 4 is 17.3 Å². The van der Waals surface area contributed by atoms with Gasteiger partial charge in [0.05, 0.1) is 23.5 Å². The van der Waals surface area contributed by atoms with Crippen molar-refractivity contribution in [2.24, 2.45) is 5.92 Å². The minimum atomic E-state index is -0.291. The highest BCUT2D eigenvalue weighted by molar-refractivity contribution is 5.99. The van der Waals surface area contributed by atoms with Gasteiger partial charge in [0.15, 0.2) is 0 Å². The molecule has 2 atom stereocenters. The molecule has 1 aromatic carbocycles. The maximum Gasteiger partial charge on any atom is 0.340 e. The smallest absolute Gasteiger partial charge is 0.340 e. The third kappa shape index (κ3) is 2.74. The fourth-order valence-corrected chi connectivity index (χ4v) is 2.91. The number of anilines is 2. The molecule has 1 saturated heterocycles. The van der Waals surface area contributed by atoms with Crippen LogP contribution in [0.5, 0.6) is 0 Å². The first kappa shape index (κ1) is 14.7. The lowest BCUT2D eigenvalue weighted by Gasteiger charge is -2.40. The number of hydrogen-bond donors (Lipinski definition) is 1. The summed E-state index contributed by atoms with van der Waals surface area (Å²) >= 11 is 0. The van der Waals surface area contributed by atoms with Gasteiger partial charge in [0.25, 0.3) is 0 Å². The predicted molar refractivity (Wildman–Crippen MR) is 82.0 cm³/mol. The number of benzene rings is 1. The lowest BCUT2D eigenvalue weighted by Crippen LogP contribution is -2.43. The van der Waals surface area contributed by atoms with Crippen molar-refractivity contribution in [3.63, 3.8) is 0 Å². The van der Waals surface area contributed by atoms with E-state index in [1.165, 1.54) is 6.42 Å². The Labute approximate surface area is 120 Å². The summed E-state index contributed by atoms with van der Waals surface area (Å²) in [5.41, 5.74) is 8.21. The zero-order valence-electron chi connectivity index (χ0n) is 12.6. The fraction of sp³-hybridized carbons (Fsp3) is 0.562. The molecule has 1 aromatic rings. The van der Waals surface area contributed by atoms with Gasteiger partial charge in [-0.05, 0) is 44.7 Å². The first-order valence-corrected chi connectivity index (χ1v) is 7.38. The van der Waals surface area contributed by atoms with Crippen LogP contribution in [0.2, 0.25) is 0 Å². The number of esters is 1. The van der Waals surface area contributed by atoms with E-state index >= 15 is 0 Å². The second kappa shape index (κ2) is 6.16. The Morgan fingerprint density at radius 3 is 2.90 bits per heavy atom. The van der Waals surface area contributed by atoms with Gasteiger partial charge in [-0.2, -0.15) is 0 Å². The molecule has 4 nitrogen and oxygen atoms in total. The average Bonchev–Trinajstić information content (AvgIpc) is 2.42. The van der Waals surface area contributed by atoms with E-state index in [4.69, 9.17) is 10.5 Å². The monoisotopic (exact) mass is 276 g/mol. The number of ether oxygens (including phenoxy) is 1. The second-order valence-electron chi connectivity index (χ2n) is 5.52. The Hall–Kier alpha value is -1.71. The Morgan fingerprint density at radius 1 is 1.45 bits per heavy atom. The van der Waals surface area contributed by atoms with E-state index in [1.54, 1.807) is 6.07 Å². The van der Waals surface area contributed by atoms with Gasteiger partial charge in [-0.1, -0.05) is 13.0 Å². The molecule has 1 heterocycles. The highest BCUT2D eigenvalue weighted by Crippen LogP contribution is 2.35. The number of rotatable bonds is 3. The van der Waals surface area contributed by atoms with Crippen molar-refractivity contribution in [2.75, 3.05) is 23.8 Å². The molecule has 0 radical (unpaired) electrons. The van der Waals surface area contributed by atoms with Crippen molar-refractivity contribution in [3.05, 3.63) is 23.8 Å². The van der Waals surface area contributed by atoms with E-state index in [2.05, 4.69) is 18.7 Å². The number of nitrogens with two attached hydrogens (primary N) is 1. The quantitative estimate of drug-likeness (QED) is 0.681. The van der Waals surface area contributed by atoms with Gasteiger partial charge in [-0.15, -0.1) is 0 Å². The molecule has 0 amide bonds. The number of nitrogen functional groups attached to an aromatic ring is 1. The maximum atomic E-state index is 12.1. The number of carbonyl (C=O) groups is 1. The molecule has 1 aliphatic rings. The van der Waals surface area contributed by atoms with E-state index in [-0.39, 0.29) is 5.97 Å². The van der Waals surface area contributed by atoms with Crippen molar-refractivity contribution in [3.8, 4) is 0 Å². The molecule has 0 saturated carbocycles. The van der Waals surface area contributed by atoms with Crippen LogP contribution in [-0.4, -0.2) is 25.2 Å². The molecular formula is C16H24N2O2. The topological polar surface area (TPSA) is 55.6 Å². The molecule has 2 unspecified atom stereocenters. The average molecular weight is 276 g/mol. The van der Waals surface area contributed by atoms with Crippen LogP contribution in [0.25, 0.3) is 0 Å². The molecule has 0 aromatic heterocycles. The summed E-state index contributed by atoms with van der Waals surface area (Å²) < 4.78 is 5.16. The molecule has 2 N–H and O–H groups in total.